The average molecular weight is 726 g/mol. The average Bonchev–Trinajstić information content (AvgIpc) is 3.53. The van der Waals surface area contributed by atoms with Gasteiger partial charge < -0.3 is 24.8 Å². The van der Waals surface area contributed by atoms with Gasteiger partial charge in [0.15, 0.2) is 0 Å². The van der Waals surface area contributed by atoms with E-state index >= 15 is 0 Å². The molecule has 2 unspecified atom stereocenters. The fourth-order valence-corrected chi connectivity index (χ4v) is 19.6. The first kappa shape index (κ1) is 37.9. The molecule has 0 nitrogen and oxygen atoms in total. The van der Waals surface area contributed by atoms with Crippen LogP contribution < -0.4 is 24.8 Å². The molecule has 4 aromatic rings. The number of allylic oxidation sites excluding steroid dienone is 2. The van der Waals surface area contributed by atoms with E-state index in [1.54, 1.807) is 22.3 Å². The van der Waals surface area contributed by atoms with Crippen LogP contribution in [0.5, 0.6) is 0 Å². The summed E-state index contributed by atoms with van der Waals surface area (Å²) in [4.78, 5) is 0. The van der Waals surface area contributed by atoms with E-state index < -0.39 is 16.6 Å². The summed E-state index contributed by atoms with van der Waals surface area (Å²) in [6.45, 7) is 23.6. The van der Waals surface area contributed by atoms with Crippen LogP contribution in [0.2, 0.25) is 9.45 Å². The summed E-state index contributed by atoms with van der Waals surface area (Å²) in [5, 5.41) is 0. The third-order valence-corrected chi connectivity index (χ3v) is 19.8. The maximum atomic E-state index is 2.64. The van der Waals surface area contributed by atoms with E-state index in [-0.39, 0.29) is 35.6 Å². The molecule has 1 fully saturated rings. The van der Waals surface area contributed by atoms with Crippen LogP contribution in [-0.4, -0.2) is 0 Å². The van der Waals surface area contributed by atoms with Crippen molar-refractivity contribution in [2.75, 3.05) is 0 Å². The Bertz CT molecular complexity index is 1750. The van der Waals surface area contributed by atoms with E-state index in [2.05, 4.69) is 166 Å². The molecule has 3 aliphatic rings. The minimum Gasteiger partial charge on any atom is -1.00 e. The van der Waals surface area contributed by atoms with Gasteiger partial charge in [-0.05, 0) is 0 Å². The van der Waals surface area contributed by atoms with Crippen LogP contribution in [0.15, 0.2) is 96.1 Å². The Kier molecular flexibility index (Phi) is 10.6. The molecule has 0 radical (unpaired) electrons. The zero-order valence-corrected chi connectivity index (χ0v) is 34.3. The molecule has 2 aliphatic carbocycles. The fourth-order valence-electron chi connectivity index (χ4n) is 8.83. The van der Waals surface area contributed by atoms with Crippen LogP contribution in [0.25, 0.3) is 34.4 Å². The fraction of sp³-hybridized carbons (Fsp3) is 0.391. The van der Waals surface area contributed by atoms with E-state index in [1.807, 2.05) is 0 Å². The van der Waals surface area contributed by atoms with Crippen molar-refractivity contribution in [3.8, 4) is 22.3 Å². The molecule has 7 rings (SSSR count). The topological polar surface area (TPSA) is 0 Å². The van der Waals surface area contributed by atoms with Crippen molar-refractivity contribution < 1.29 is 41.4 Å². The summed E-state index contributed by atoms with van der Waals surface area (Å²) in [5.41, 5.74) is 18.3. The zero-order valence-electron chi connectivity index (χ0n) is 31.2. The van der Waals surface area contributed by atoms with E-state index in [9.17, 15) is 0 Å². The first-order chi connectivity index (χ1) is 22.2. The molecule has 0 aromatic heterocycles. The molecule has 1 saturated heterocycles. The largest absolute Gasteiger partial charge is 1.00 e. The Morgan fingerprint density at radius 2 is 0.857 bits per heavy atom. The van der Waals surface area contributed by atoms with Crippen molar-refractivity contribution in [1.29, 1.82) is 0 Å². The van der Waals surface area contributed by atoms with Crippen LogP contribution in [0, 0.1) is 11.8 Å². The van der Waals surface area contributed by atoms with Gasteiger partial charge in [0.1, 0.15) is 0 Å². The number of fused-ring (bicyclic) bond motifs is 2. The van der Waals surface area contributed by atoms with Crippen LogP contribution >= 0.6 is 0 Å². The van der Waals surface area contributed by atoms with Gasteiger partial charge in [-0.1, -0.05) is 0 Å². The minimum absolute atomic E-state index is 0. The van der Waals surface area contributed by atoms with Crippen molar-refractivity contribution >= 4 is 12.2 Å². The van der Waals surface area contributed by atoms with Crippen LogP contribution in [-0.2, 0) is 27.4 Å². The van der Waals surface area contributed by atoms with Gasteiger partial charge in [-0.15, -0.1) is 0 Å². The van der Waals surface area contributed by atoms with Crippen molar-refractivity contribution in [3.63, 3.8) is 0 Å². The Balaban J connectivity index is 0.00000234. The van der Waals surface area contributed by atoms with E-state index in [4.69, 9.17) is 0 Å². The molecule has 49 heavy (non-hydrogen) atoms. The first-order valence-corrected chi connectivity index (χ1v) is 22.1. The van der Waals surface area contributed by atoms with Gasteiger partial charge >= 0.3 is 290 Å². The molecular formula is C46H54Cl2Ti. The molecule has 0 spiro atoms. The normalized spacial score (nSPS) is 18.4. The molecule has 1 heterocycles. The molecule has 0 bridgehead atoms. The van der Waals surface area contributed by atoms with Crippen molar-refractivity contribution in [2.24, 2.45) is 11.8 Å². The molecule has 0 amide bonds. The van der Waals surface area contributed by atoms with Crippen molar-refractivity contribution in [3.05, 3.63) is 129 Å². The Labute approximate surface area is 313 Å². The van der Waals surface area contributed by atoms with Gasteiger partial charge in [0.05, 0.1) is 0 Å². The third kappa shape index (κ3) is 6.62. The maximum absolute atomic E-state index is 2.64. The second-order valence-electron chi connectivity index (χ2n) is 17.5. The van der Waals surface area contributed by atoms with E-state index in [0.717, 1.165) is 0 Å². The summed E-state index contributed by atoms with van der Waals surface area (Å²) in [7, 11) is 0. The number of rotatable bonds is 6. The second-order valence-corrected chi connectivity index (χ2v) is 24.7. The zero-order chi connectivity index (χ0) is 33.5. The Morgan fingerprint density at radius 1 is 0.510 bits per heavy atom. The van der Waals surface area contributed by atoms with Gasteiger partial charge in [0.25, 0.3) is 0 Å². The Hall–Kier alpha value is -2.35. The van der Waals surface area contributed by atoms with Gasteiger partial charge in [-0.25, -0.2) is 0 Å². The molecule has 2 atom stereocenters. The summed E-state index contributed by atoms with van der Waals surface area (Å²) in [5.74, 6) is 1.10. The molecule has 0 saturated carbocycles. The van der Waals surface area contributed by atoms with Crippen LogP contribution in [0.4, 0.5) is 0 Å². The molecule has 3 heteroatoms. The summed E-state index contributed by atoms with van der Waals surface area (Å²) < 4.78 is 4.20. The van der Waals surface area contributed by atoms with Gasteiger partial charge in [0.2, 0.25) is 0 Å². The van der Waals surface area contributed by atoms with E-state index in [1.165, 1.54) is 54.0 Å². The van der Waals surface area contributed by atoms with Crippen LogP contribution in [0.3, 0.4) is 0 Å². The molecule has 1 aliphatic heterocycles. The smallest absolute Gasteiger partial charge is 1.00 e. The predicted molar refractivity (Wildman–Crippen MR) is 202 cm³/mol. The predicted octanol–water partition coefficient (Wildman–Crippen LogP) is 7.52. The molecule has 256 valence electrons. The first-order valence-electron chi connectivity index (χ1n) is 18.1. The monoisotopic (exact) mass is 724 g/mol. The summed E-state index contributed by atoms with van der Waals surface area (Å²) in [6, 6.07) is 33.3. The number of benzene rings is 4. The van der Waals surface area contributed by atoms with Gasteiger partial charge in [0, 0.05) is 0 Å². The van der Waals surface area contributed by atoms with Gasteiger partial charge in [-0.2, -0.15) is 0 Å². The maximum Gasteiger partial charge on any atom is -1.00 e. The molecule has 0 N–H and O–H groups in total. The van der Waals surface area contributed by atoms with Gasteiger partial charge in [-0.3, -0.25) is 0 Å². The standard InChI is InChI=1S/2C22H25.C2H4.2ClH.Ti/c2*1-15(2)18-13-17-7-6-8-20(21(17)14-18)16-9-11-19(12-10-16)22(3,4)5;1-2;;;/h2*6-15H,1-5H3;1-2H2;2*1H;/q;;;;;+2/p-2. The minimum atomic E-state index is -2.50. The van der Waals surface area contributed by atoms with E-state index in [0.29, 0.717) is 20.3 Å². The van der Waals surface area contributed by atoms with Crippen molar-refractivity contribution in [2.45, 2.75) is 98.0 Å². The Morgan fingerprint density at radius 3 is 1.14 bits per heavy atom. The van der Waals surface area contributed by atoms with Crippen molar-refractivity contribution in [1.82, 2.24) is 0 Å². The van der Waals surface area contributed by atoms with Crippen LogP contribution in [0.1, 0.15) is 111 Å². The number of hydrogen-bond acceptors (Lipinski definition) is 0. The SMILES string of the molecule is CC(C)C1=Cc2c(-c3ccc(C(C)(C)C)cc3)cccc2[CH]1[Ti+2]1([CH]2C(C(C)C)=Cc3c(-c4ccc(C(C)(C)C)cc4)cccc32)[CH2][CH2]1.[Cl-].[Cl-]. The second kappa shape index (κ2) is 13.7. The summed E-state index contributed by atoms with van der Waals surface area (Å²) in [6.07, 6.45) is 5.29. The number of hydrogen-bond donors (Lipinski definition) is 0. The quantitative estimate of drug-likeness (QED) is 0.181. The summed E-state index contributed by atoms with van der Waals surface area (Å²) >= 11 is -2.50. The molecule has 4 aromatic carbocycles. The number of halogens is 2. The molecular weight excluding hydrogens is 671 g/mol. The third-order valence-electron chi connectivity index (χ3n) is 11.6.